The van der Waals surface area contributed by atoms with E-state index in [0.717, 1.165) is 0 Å². The van der Waals surface area contributed by atoms with Crippen LogP contribution in [0.2, 0.25) is 5.02 Å². The van der Waals surface area contributed by atoms with E-state index < -0.39 is 23.3 Å². The van der Waals surface area contributed by atoms with Gasteiger partial charge in [-0.05, 0) is 11.6 Å². The second kappa shape index (κ2) is 6.82. The normalized spacial score (nSPS) is 22.6. The average Bonchev–Trinajstić information content (AvgIpc) is 2.84. The third-order valence-electron chi connectivity index (χ3n) is 3.91. The van der Waals surface area contributed by atoms with Gasteiger partial charge in [0.25, 0.3) is 11.6 Å². The van der Waals surface area contributed by atoms with Crippen molar-refractivity contribution in [3.8, 4) is 0 Å². The molecule has 2 aliphatic heterocycles. The Hall–Kier alpha value is -2.43. The Kier molecular flexibility index (Phi) is 4.75. The first-order valence-electron chi connectivity index (χ1n) is 7.34. The van der Waals surface area contributed by atoms with Crippen LogP contribution in [0.25, 0.3) is 0 Å². The fourth-order valence-corrected chi connectivity index (χ4v) is 2.99. The Morgan fingerprint density at radius 2 is 2.12 bits per heavy atom. The molecule has 10 nitrogen and oxygen atoms in total. The lowest BCUT2D eigenvalue weighted by molar-refractivity contribution is -0.384. The number of carbonyl (C=O) groups is 2. The summed E-state index contributed by atoms with van der Waals surface area (Å²) in [5, 5.41) is 21.7. The average molecular weight is 372 g/mol. The van der Waals surface area contributed by atoms with Gasteiger partial charge < -0.3 is 24.8 Å². The number of carbonyl (C=O) groups excluding carboxylic acids is 1. The lowest BCUT2D eigenvalue weighted by Gasteiger charge is -2.31. The predicted octanol–water partition coefficient (Wildman–Crippen LogP) is 1.21. The summed E-state index contributed by atoms with van der Waals surface area (Å²) in [6, 6.07) is 2.12. The lowest BCUT2D eigenvalue weighted by Crippen LogP contribution is -2.49. The summed E-state index contributed by atoms with van der Waals surface area (Å²) in [4.78, 5) is 34.8. The van der Waals surface area contributed by atoms with Crippen LogP contribution in [0.3, 0.4) is 0 Å². The highest BCUT2D eigenvalue weighted by Gasteiger charge is 2.34. The van der Waals surface area contributed by atoms with Gasteiger partial charge in [-0.15, -0.1) is 0 Å². The van der Waals surface area contributed by atoms with Crippen LogP contribution < -0.4 is 5.32 Å². The minimum atomic E-state index is -1.17. The van der Waals surface area contributed by atoms with E-state index in [2.05, 4.69) is 5.32 Å². The molecule has 134 valence electrons. The molecule has 0 aliphatic carbocycles. The van der Waals surface area contributed by atoms with Crippen molar-refractivity contribution in [2.75, 3.05) is 19.8 Å². The van der Waals surface area contributed by atoms with Crippen LogP contribution in [0.5, 0.6) is 0 Å². The largest absolute Gasteiger partial charge is 0.465 e. The molecule has 2 amide bonds. The summed E-state index contributed by atoms with van der Waals surface area (Å²) in [5.41, 5.74) is 0.585. The molecule has 0 aromatic heterocycles. The van der Waals surface area contributed by atoms with Crippen molar-refractivity contribution in [3.05, 3.63) is 38.4 Å². The molecule has 1 aromatic carbocycles. The van der Waals surface area contributed by atoms with Crippen molar-refractivity contribution >= 4 is 29.3 Å². The number of carboxylic acid groups (broad SMARTS) is 1. The highest BCUT2D eigenvalue weighted by molar-refractivity contribution is 6.33. The van der Waals surface area contributed by atoms with Gasteiger partial charge in [-0.25, -0.2) is 4.79 Å². The van der Waals surface area contributed by atoms with Crippen LogP contribution in [-0.2, 0) is 16.0 Å². The molecule has 1 aromatic rings. The van der Waals surface area contributed by atoms with Crippen molar-refractivity contribution in [2.24, 2.45) is 0 Å². The summed E-state index contributed by atoms with van der Waals surface area (Å²) in [5.74, 6) is -0.315. The molecule has 1 saturated heterocycles. The maximum absolute atomic E-state index is 12.4. The fraction of sp³-hybridized carbons (Fsp3) is 0.429. The molecule has 0 unspecified atom stereocenters. The SMILES string of the molecule is O=C(O)N[C@H]1CO[C@@H](CN2Cc3cc([N+](=O)[O-])c(Cl)cc3C2=O)OC1. The van der Waals surface area contributed by atoms with Gasteiger partial charge in [0.2, 0.25) is 0 Å². The van der Waals surface area contributed by atoms with E-state index in [1.165, 1.54) is 17.0 Å². The van der Waals surface area contributed by atoms with Crippen molar-refractivity contribution in [1.82, 2.24) is 10.2 Å². The Labute approximate surface area is 146 Å². The van der Waals surface area contributed by atoms with Gasteiger partial charge in [-0.2, -0.15) is 0 Å². The Balaban J connectivity index is 1.63. The molecule has 3 rings (SSSR count). The van der Waals surface area contributed by atoms with E-state index in [-0.39, 0.29) is 42.9 Å². The Morgan fingerprint density at radius 3 is 2.72 bits per heavy atom. The van der Waals surface area contributed by atoms with Crippen LogP contribution >= 0.6 is 11.6 Å². The van der Waals surface area contributed by atoms with Crippen LogP contribution in [0.1, 0.15) is 15.9 Å². The molecule has 1 fully saturated rings. The fourth-order valence-electron chi connectivity index (χ4n) is 2.76. The van der Waals surface area contributed by atoms with E-state index in [0.29, 0.717) is 11.1 Å². The summed E-state index contributed by atoms with van der Waals surface area (Å²) >= 11 is 5.85. The molecule has 2 heterocycles. The van der Waals surface area contributed by atoms with E-state index >= 15 is 0 Å². The van der Waals surface area contributed by atoms with E-state index in [1.54, 1.807) is 0 Å². The zero-order valence-electron chi connectivity index (χ0n) is 12.8. The number of hydrogen-bond acceptors (Lipinski definition) is 6. The zero-order chi connectivity index (χ0) is 18.1. The molecule has 2 N–H and O–H groups in total. The minimum absolute atomic E-state index is 0.0910. The molecule has 2 aliphatic rings. The second-order valence-electron chi connectivity index (χ2n) is 5.65. The van der Waals surface area contributed by atoms with Gasteiger partial charge in [0, 0.05) is 18.2 Å². The zero-order valence-corrected chi connectivity index (χ0v) is 13.6. The first kappa shape index (κ1) is 17.4. The van der Waals surface area contributed by atoms with Gasteiger partial charge in [-0.3, -0.25) is 14.9 Å². The Bertz CT molecular complexity index is 733. The molecule has 0 saturated carbocycles. The summed E-state index contributed by atoms with van der Waals surface area (Å²) < 4.78 is 10.8. The monoisotopic (exact) mass is 371 g/mol. The highest BCUT2D eigenvalue weighted by Crippen LogP contribution is 2.33. The third kappa shape index (κ3) is 3.65. The highest BCUT2D eigenvalue weighted by atomic mass is 35.5. The molecule has 0 atom stereocenters. The third-order valence-corrected chi connectivity index (χ3v) is 4.21. The van der Waals surface area contributed by atoms with Crippen molar-refractivity contribution < 1.29 is 29.1 Å². The maximum atomic E-state index is 12.4. The number of amides is 2. The number of rotatable bonds is 4. The van der Waals surface area contributed by atoms with Gasteiger partial charge in [0.1, 0.15) is 5.02 Å². The number of nitrogens with one attached hydrogen (secondary N) is 1. The lowest BCUT2D eigenvalue weighted by atomic mass is 10.1. The van der Waals surface area contributed by atoms with Crippen molar-refractivity contribution in [3.63, 3.8) is 0 Å². The first-order chi connectivity index (χ1) is 11.8. The summed E-state index contributed by atoms with van der Waals surface area (Å²) in [7, 11) is 0. The molecule has 0 bridgehead atoms. The second-order valence-corrected chi connectivity index (χ2v) is 6.05. The van der Waals surface area contributed by atoms with Gasteiger partial charge in [0.05, 0.1) is 30.7 Å². The van der Waals surface area contributed by atoms with Crippen LogP contribution in [-0.4, -0.2) is 59.0 Å². The number of halogens is 1. The minimum Gasteiger partial charge on any atom is -0.465 e. The quantitative estimate of drug-likeness (QED) is 0.600. The number of ether oxygens (including phenoxy) is 2. The maximum Gasteiger partial charge on any atom is 0.405 e. The standard InChI is InChI=1S/C14H14ClN3O7/c15-10-2-9-7(1-11(10)18(22)23)3-17(13(9)19)4-12-24-5-8(6-25-12)16-14(20)21/h1-2,8,12,16H,3-6H2,(H,20,21)/t8-,12+. The number of benzene rings is 1. The number of nitrogens with zero attached hydrogens (tertiary/aromatic N) is 2. The van der Waals surface area contributed by atoms with Crippen LogP contribution in [0.15, 0.2) is 12.1 Å². The van der Waals surface area contributed by atoms with E-state index in [4.69, 9.17) is 26.2 Å². The first-order valence-corrected chi connectivity index (χ1v) is 7.71. The van der Waals surface area contributed by atoms with Crippen molar-refractivity contribution in [2.45, 2.75) is 18.9 Å². The van der Waals surface area contributed by atoms with Crippen LogP contribution in [0, 0.1) is 10.1 Å². The van der Waals surface area contributed by atoms with Crippen LogP contribution in [0.4, 0.5) is 10.5 Å². The summed E-state index contributed by atoms with van der Waals surface area (Å²) in [6.07, 6.45) is -1.87. The van der Waals surface area contributed by atoms with Gasteiger partial charge in [0.15, 0.2) is 6.29 Å². The summed E-state index contributed by atoms with van der Waals surface area (Å²) in [6.45, 7) is 0.567. The molecule has 0 radical (unpaired) electrons. The number of fused-ring (bicyclic) bond motifs is 1. The van der Waals surface area contributed by atoms with Crippen molar-refractivity contribution in [1.29, 1.82) is 0 Å². The topological polar surface area (TPSA) is 131 Å². The van der Waals surface area contributed by atoms with Gasteiger partial charge in [-0.1, -0.05) is 11.6 Å². The Morgan fingerprint density at radius 1 is 1.44 bits per heavy atom. The number of nitro benzene ring substituents is 1. The van der Waals surface area contributed by atoms with E-state index in [9.17, 15) is 19.7 Å². The number of nitro groups is 1. The number of hydrogen-bond donors (Lipinski definition) is 2. The molecule has 25 heavy (non-hydrogen) atoms. The smallest absolute Gasteiger partial charge is 0.405 e. The molecule has 0 spiro atoms. The molecule has 11 heteroatoms. The molecular weight excluding hydrogens is 358 g/mol. The predicted molar refractivity (Wildman–Crippen MR) is 83.5 cm³/mol. The van der Waals surface area contributed by atoms with E-state index in [1.807, 2.05) is 0 Å². The van der Waals surface area contributed by atoms with Gasteiger partial charge >= 0.3 is 6.09 Å². The molecular formula is C14H14ClN3O7.